The number of anilines is 1. The van der Waals surface area contributed by atoms with Crippen LogP contribution in [-0.2, 0) is 16.0 Å². The quantitative estimate of drug-likeness (QED) is 0.483. The van der Waals surface area contributed by atoms with Crippen LogP contribution in [0.5, 0.6) is 0 Å². The standard InChI is InChI=1S/C21H18FN5O2S/c1-13-3-2-4-14(11-13)18-25-21-27(26-18)17(12-30-21)9-10-23-19(28)20(29)24-16-7-5-15(22)6-8-16/h2-8,11-12H,9-10H2,1H3,(H,23,28)(H,24,29). The zero-order valence-electron chi connectivity index (χ0n) is 16.1. The minimum absolute atomic E-state index is 0.265. The van der Waals surface area contributed by atoms with Gasteiger partial charge >= 0.3 is 11.8 Å². The summed E-state index contributed by atoms with van der Waals surface area (Å²) in [4.78, 5) is 29.3. The highest BCUT2D eigenvalue weighted by atomic mass is 32.1. The summed E-state index contributed by atoms with van der Waals surface area (Å²) in [6.45, 7) is 2.28. The number of rotatable bonds is 5. The van der Waals surface area contributed by atoms with Gasteiger partial charge in [0, 0.05) is 29.6 Å². The highest BCUT2D eigenvalue weighted by Crippen LogP contribution is 2.21. The fourth-order valence-electron chi connectivity index (χ4n) is 2.91. The van der Waals surface area contributed by atoms with E-state index in [0.29, 0.717) is 17.9 Å². The molecule has 4 rings (SSSR count). The molecule has 152 valence electrons. The van der Waals surface area contributed by atoms with E-state index in [0.717, 1.165) is 21.8 Å². The van der Waals surface area contributed by atoms with Crippen LogP contribution < -0.4 is 10.6 Å². The average Bonchev–Trinajstić information content (AvgIpc) is 3.31. The number of amides is 2. The van der Waals surface area contributed by atoms with Crippen molar-refractivity contribution in [2.24, 2.45) is 0 Å². The predicted molar refractivity (Wildman–Crippen MR) is 113 cm³/mol. The van der Waals surface area contributed by atoms with Gasteiger partial charge in [0.25, 0.3) is 0 Å². The van der Waals surface area contributed by atoms with Crippen molar-refractivity contribution in [3.05, 3.63) is 71.0 Å². The van der Waals surface area contributed by atoms with E-state index >= 15 is 0 Å². The summed E-state index contributed by atoms with van der Waals surface area (Å²) in [5, 5.41) is 11.5. The highest BCUT2D eigenvalue weighted by molar-refractivity contribution is 7.15. The first-order valence-corrected chi connectivity index (χ1v) is 10.1. The lowest BCUT2D eigenvalue weighted by Gasteiger charge is -2.06. The van der Waals surface area contributed by atoms with Crippen molar-refractivity contribution >= 4 is 33.8 Å². The number of nitrogens with one attached hydrogen (secondary N) is 2. The molecule has 30 heavy (non-hydrogen) atoms. The molecule has 4 aromatic rings. The second-order valence-electron chi connectivity index (χ2n) is 6.69. The monoisotopic (exact) mass is 423 g/mol. The fourth-order valence-corrected chi connectivity index (χ4v) is 3.76. The molecule has 2 aromatic carbocycles. The van der Waals surface area contributed by atoms with Crippen LogP contribution in [0.25, 0.3) is 16.3 Å². The third kappa shape index (κ3) is 4.36. The van der Waals surface area contributed by atoms with E-state index in [2.05, 4.69) is 20.7 Å². The van der Waals surface area contributed by atoms with Gasteiger partial charge in [0.15, 0.2) is 5.82 Å². The van der Waals surface area contributed by atoms with Gasteiger partial charge < -0.3 is 10.6 Å². The molecule has 0 atom stereocenters. The van der Waals surface area contributed by atoms with Gasteiger partial charge in [-0.1, -0.05) is 23.8 Å². The Kier molecular flexibility index (Phi) is 5.53. The molecule has 2 heterocycles. The van der Waals surface area contributed by atoms with Gasteiger partial charge in [-0.3, -0.25) is 9.59 Å². The molecule has 0 aliphatic heterocycles. The number of carbonyl (C=O) groups excluding carboxylic acids is 2. The number of hydrogen-bond donors (Lipinski definition) is 2. The van der Waals surface area contributed by atoms with E-state index in [1.807, 2.05) is 36.6 Å². The number of halogens is 1. The molecule has 2 amide bonds. The summed E-state index contributed by atoms with van der Waals surface area (Å²) in [5.74, 6) is -1.34. The Labute approximate surface area is 175 Å². The van der Waals surface area contributed by atoms with Gasteiger partial charge in [-0.25, -0.2) is 8.91 Å². The smallest absolute Gasteiger partial charge is 0.313 e. The lowest BCUT2D eigenvalue weighted by Crippen LogP contribution is -2.36. The van der Waals surface area contributed by atoms with Crippen LogP contribution in [0.3, 0.4) is 0 Å². The normalized spacial score (nSPS) is 10.9. The van der Waals surface area contributed by atoms with E-state index in [4.69, 9.17) is 0 Å². The lowest BCUT2D eigenvalue weighted by molar-refractivity contribution is -0.136. The van der Waals surface area contributed by atoms with Crippen LogP contribution in [0.15, 0.2) is 53.9 Å². The van der Waals surface area contributed by atoms with Crippen LogP contribution in [0.4, 0.5) is 10.1 Å². The van der Waals surface area contributed by atoms with Crippen LogP contribution in [0, 0.1) is 12.7 Å². The summed E-state index contributed by atoms with van der Waals surface area (Å²) in [6, 6.07) is 13.2. The zero-order chi connectivity index (χ0) is 21.1. The second-order valence-corrected chi connectivity index (χ2v) is 7.53. The summed E-state index contributed by atoms with van der Waals surface area (Å²) in [5.41, 5.74) is 3.32. The van der Waals surface area contributed by atoms with Gasteiger partial charge in [0.2, 0.25) is 4.96 Å². The number of benzene rings is 2. The van der Waals surface area contributed by atoms with Gasteiger partial charge in [0.1, 0.15) is 5.82 Å². The molecule has 9 heteroatoms. The van der Waals surface area contributed by atoms with E-state index < -0.39 is 17.6 Å². The van der Waals surface area contributed by atoms with E-state index in [9.17, 15) is 14.0 Å². The fraction of sp³-hybridized carbons (Fsp3) is 0.143. The van der Waals surface area contributed by atoms with Crippen molar-refractivity contribution in [3.8, 4) is 11.4 Å². The van der Waals surface area contributed by atoms with E-state index in [1.54, 1.807) is 4.52 Å². The van der Waals surface area contributed by atoms with Crippen molar-refractivity contribution in [2.45, 2.75) is 13.3 Å². The van der Waals surface area contributed by atoms with Crippen LogP contribution in [-0.4, -0.2) is 33.0 Å². The van der Waals surface area contributed by atoms with E-state index in [-0.39, 0.29) is 6.54 Å². The molecule has 0 saturated heterocycles. The number of carbonyl (C=O) groups is 2. The Morgan fingerprint density at radius 3 is 2.70 bits per heavy atom. The maximum absolute atomic E-state index is 12.9. The van der Waals surface area contributed by atoms with Crippen molar-refractivity contribution in [1.29, 1.82) is 0 Å². The largest absolute Gasteiger partial charge is 0.347 e. The summed E-state index contributed by atoms with van der Waals surface area (Å²) >= 11 is 1.47. The van der Waals surface area contributed by atoms with Crippen molar-refractivity contribution in [2.75, 3.05) is 11.9 Å². The molecule has 0 radical (unpaired) electrons. The Morgan fingerprint density at radius 2 is 1.93 bits per heavy atom. The third-order valence-corrected chi connectivity index (χ3v) is 5.27. The van der Waals surface area contributed by atoms with Crippen LogP contribution >= 0.6 is 11.3 Å². The highest BCUT2D eigenvalue weighted by Gasteiger charge is 2.15. The van der Waals surface area contributed by atoms with Crippen molar-refractivity contribution < 1.29 is 14.0 Å². The molecular formula is C21H18FN5O2S. The van der Waals surface area contributed by atoms with Gasteiger partial charge in [-0.05, 0) is 37.3 Å². The molecule has 0 fully saturated rings. The molecule has 0 aliphatic carbocycles. The Hall–Kier alpha value is -3.59. The molecular weight excluding hydrogens is 405 g/mol. The number of hydrogen-bond acceptors (Lipinski definition) is 5. The SMILES string of the molecule is Cc1cccc(-c2nc3scc(CCNC(=O)C(=O)Nc4ccc(F)cc4)n3n2)c1. The topological polar surface area (TPSA) is 88.4 Å². The number of aromatic nitrogens is 3. The molecule has 0 bridgehead atoms. The minimum atomic E-state index is -0.806. The maximum atomic E-state index is 12.9. The number of thiazole rings is 1. The first-order chi connectivity index (χ1) is 14.5. The van der Waals surface area contributed by atoms with Crippen molar-refractivity contribution in [3.63, 3.8) is 0 Å². The average molecular weight is 423 g/mol. The molecule has 0 spiro atoms. The lowest BCUT2D eigenvalue weighted by atomic mass is 10.1. The number of fused-ring (bicyclic) bond motifs is 1. The third-order valence-electron chi connectivity index (χ3n) is 4.40. The molecule has 0 unspecified atom stereocenters. The predicted octanol–water partition coefficient (Wildman–Crippen LogP) is 3.20. The van der Waals surface area contributed by atoms with Crippen molar-refractivity contribution in [1.82, 2.24) is 19.9 Å². The summed E-state index contributed by atoms with van der Waals surface area (Å²) < 4.78 is 14.7. The second kappa shape index (κ2) is 8.42. The summed E-state index contributed by atoms with van der Waals surface area (Å²) in [6.07, 6.45) is 0.492. The van der Waals surface area contributed by atoms with Gasteiger partial charge in [-0.15, -0.1) is 16.4 Å². The zero-order valence-corrected chi connectivity index (χ0v) is 16.9. The molecule has 2 N–H and O–H groups in total. The molecule has 0 saturated carbocycles. The Balaban J connectivity index is 1.36. The van der Waals surface area contributed by atoms with Gasteiger partial charge in [-0.2, -0.15) is 4.98 Å². The Bertz CT molecular complexity index is 1220. The Morgan fingerprint density at radius 1 is 1.13 bits per heavy atom. The molecule has 2 aromatic heterocycles. The first-order valence-electron chi connectivity index (χ1n) is 9.24. The maximum Gasteiger partial charge on any atom is 0.313 e. The first kappa shape index (κ1) is 19.7. The number of nitrogens with zero attached hydrogens (tertiary/aromatic N) is 3. The number of aryl methyl sites for hydroxylation is 1. The molecule has 0 aliphatic rings. The summed E-state index contributed by atoms with van der Waals surface area (Å²) in [7, 11) is 0. The van der Waals surface area contributed by atoms with Crippen LogP contribution in [0.1, 0.15) is 11.3 Å². The van der Waals surface area contributed by atoms with E-state index in [1.165, 1.54) is 35.6 Å². The van der Waals surface area contributed by atoms with Gasteiger partial charge in [0.05, 0.1) is 5.69 Å². The van der Waals surface area contributed by atoms with Crippen LogP contribution in [0.2, 0.25) is 0 Å². The molecule has 7 nitrogen and oxygen atoms in total. The minimum Gasteiger partial charge on any atom is -0.347 e.